The normalized spacial score (nSPS) is 11.1. The van der Waals surface area contributed by atoms with E-state index < -0.39 is 30.1 Å². The van der Waals surface area contributed by atoms with E-state index >= 15 is 0 Å². The van der Waals surface area contributed by atoms with Gasteiger partial charge in [0, 0.05) is 6.07 Å². The molecule has 10 heteroatoms. The predicted octanol–water partition coefficient (Wildman–Crippen LogP) is 2.84. The molecule has 3 rings (SSSR count). The number of hydrogen-bond donors (Lipinski definition) is 2. The maximum atomic E-state index is 12.6. The van der Waals surface area contributed by atoms with Crippen LogP contribution in [0.2, 0.25) is 0 Å². The molecular formula is C21H17F3N4O3. The van der Waals surface area contributed by atoms with Gasteiger partial charge < -0.3 is 10.6 Å². The number of alkyl halides is 3. The van der Waals surface area contributed by atoms with Gasteiger partial charge in [-0.3, -0.25) is 14.4 Å². The number of rotatable bonds is 6. The molecule has 0 aliphatic rings. The molecule has 0 fully saturated rings. The highest BCUT2D eigenvalue weighted by Gasteiger charge is 2.28. The van der Waals surface area contributed by atoms with E-state index in [0.717, 1.165) is 10.2 Å². The molecule has 160 valence electrons. The van der Waals surface area contributed by atoms with Gasteiger partial charge in [-0.2, -0.15) is 18.3 Å². The Balaban J connectivity index is 1.79. The van der Waals surface area contributed by atoms with E-state index in [4.69, 9.17) is 0 Å². The van der Waals surface area contributed by atoms with E-state index in [1.54, 1.807) is 29.6 Å². The van der Waals surface area contributed by atoms with Crippen molar-refractivity contribution in [1.29, 1.82) is 0 Å². The van der Waals surface area contributed by atoms with E-state index in [9.17, 15) is 27.6 Å². The Kier molecular flexibility index (Phi) is 6.49. The molecular weight excluding hydrogens is 413 g/mol. The third kappa shape index (κ3) is 6.01. The predicted molar refractivity (Wildman–Crippen MR) is 107 cm³/mol. The minimum atomic E-state index is -4.57. The Hall–Kier alpha value is -3.95. The van der Waals surface area contributed by atoms with Gasteiger partial charge in [-0.1, -0.05) is 42.5 Å². The Morgan fingerprint density at radius 3 is 2.29 bits per heavy atom. The monoisotopic (exact) mass is 430 g/mol. The van der Waals surface area contributed by atoms with Crippen molar-refractivity contribution in [2.75, 3.05) is 11.9 Å². The number of halogens is 3. The fourth-order valence-electron chi connectivity index (χ4n) is 2.69. The van der Waals surface area contributed by atoms with Gasteiger partial charge in [0.25, 0.3) is 17.4 Å². The molecule has 0 aliphatic heterocycles. The number of amides is 2. The highest BCUT2D eigenvalue weighted by molar-refractivity contribution is 6.08. The molecule has 0 saturated carbocycles. The van der Waals surface area contributed by atoms with Crippen molar-refractivity contribution < 1.29 is 22.8 Å². The van der Waals surface area contributed by atoms with Crippen LogP contribution in [0.15, 0.2) is 71.5 Å². The Morgan fingerprint density at radius 1 is 0.903 bits per heavy atom. The molecule has 2 N–H and O–H groups in total. The number of hydrogen-bond acceptors (Lipinski definition) is 4. The smallest absolute Gasteiger partial charge is 0.343 e. The van der Waals surface area contributed by atoms with Crippen molar-refractivity contribution in [2.45, 2.75) is 12.7 Å². The number of aromatic nitrogens is 2. The summed E-state index contributed by atoms with van der Waals surface area (Å²) in [6, 6.07) is 17.1. The zero-order valence-corrected chi connectivity index (χ0v) is 16.0. The molecule has 0 radical (unpaired) electrons. The van der Waals surface area contributed by atoms with Crippen LogP contribution in [0.3, 0.4) is 0 Å². The van der Waals surface area contributed by atoms with Crippen LogP contribution in [0, 0.1) is 0 Å². The molecule has 7 nitrogen and oxygen atoms in total. The molecule has 0 saturated heterocycles. The molecule has 2 aromatic carbocycles. The fourth-order valence-corrected chi connectivity index (χ4v) is 2.69. The van der Waals surface area contributed by atoms with Crippen LogP contribution in [-0.2, 0) is 6.54 Å². The molecule has 1 heterocycles. The standard InChI is InChI=1S/C21H17F3N4O3/c22-21(23,24)13-25-19(30)15-8-4-5-9-16(15)26-20(31)17-10-11-18(29)28(27-17)12-14-6-2-1-3-7-14/h1-11H,12-13H2,(H,25,30)(H,26,31). The lowest BCUT2D eigenvalue weighted by Gasteiger charge is -2.13. The lowest BCUT2D eigenvalue weighted by Crippen LogP contribution is -2.34. The number of benzene rings is 2. The van der Waals surface area contributed by atoms with Gasteiger partial charge in [0.2, 0.25) is 0 Å². The Bertz CT molecular complexity index is 1140. The van der Waals surface area contributed by atoms with Crippen LogP contribution in [-0.4, -0.2) is 34.3 Å². The average molecular weight is 430 g/mol. The van der Waals surface area contributed by atoms with Crippen molar-refractivity contribution in [3.05, 3.63) is 93.9 Å². The number of nitrogens with one attached hydrogen (secondary N) is 2. The Labute approximate surface area is 174 Å². The van der Waals surface area contributed by atoms with Crippen LogP contribution < -0.4 is 16.2 Å². The first-order valence-corrected chi connectivity index (χ1v) is 9.10. The zero-order valence-electron chi connectivity index (χ0n) is 16.0. The van der Waals surface area contributed by atoms with E-state index in [2.05, 4.69) is 10.4 Å². The summed E-state index contributed by atoms with van der Waals surface area (Å²) < 4.78 is 38.2. The molecule has 31 heavy (non-hydrogen) atoms. The van der Waals surface area contributed by atoms with Crippen LogP contribution in [0.4, 0.5) is 18.9 Å². The summed E-state index contributed by atoms with van der Waals surface area (Å²) in [4.78, 5) is 36.8. The largest absolute Gasteiger partial charge is 0.405 e. The summed E-state index contributed by atoms with van der Waals surface area (Å²) in [5, 5.41) is 8.27. The van der Waals surface area contributed by atoms with Gasteiger partial charge in [-0.05, 0) is 23.8 Å². The van der Waals surface area contributed by atoms with Gasteiger partial charge in [0.1, 0.15) is 12.2 Å². The summed E-state index contributed by atoms with van der Waals surface area (Å²) >= 11 is 0. The molecule has 1 aromatic heterocycles. The number of nitrogens with zero attached hydrogens (tertiary/aromatic N) is 2. The topological polar surface area (TPSA) is 93.1 Å². The maximum Gasteiger partial charge on any atom is 0.405 e. The molecule has 0 aliphatic carbocycles. The molecule has 2 amide bonds. The molecule has 0 atom stereocenters. The minimum Gasteiger partial charge on any atom is -0.343 e. The van der Waals surface area contributed by atoms with Gasteiger partial charge in [0.15, 0.2) is 0 Å². The van der Waals surface area contributed by atoms with E-state index in [1.807, 2.05) is 6.07 Å². The number of carbonyl (C=O) groups excluding carboxylic acids is 2. The van der Waals surface area contributed by atoms with Crippen molar-refractivity contribution >= 4 is 17.5 Å². The van der Waals surface area contributed by atoms with Crippen molar-refractivity contribution in [2.24, 2.45) is 0 Å². The summed E-state index contributed by atoms with van der Waals surface area (Å²) in [5.41, 5.74) is 0.169. The number of carbonyl (C=O) groups is 2. The van der Waals surface area contributed by atoms with Gasteiger partial charge in [0.05, 0.1) is 17.8 Å². The second kappa shape index (κ2) is 9.24. The van der Waals surface area contributed by atoms with Crippen LogP contribution in [0.1, 0.15) is 26.4 Å². The quantitative estimate of drug-likeness (QED) is 0.629. The van der Waals surface area contributed by atoms with E-state index in [1.165, 1.54) is 36.4 Å². The summed E-state index contributed by atoms with van der Waals surface area (Å²) in [6.07, 6.45) is -4.57. The lowest BCUT2D eigenvalue weighted by molar-refractivity contribution is -0.123. The highest BCUT2D eigenvalue weighted by Crippen LogP contribution is 2.17. The summed E-state index contributed by atoms with van der Waals surface area (Å²) in [5.74, 6) is -1.71. The second-order valence-corrected chi connectivity index (χ2v) is 6.50. The van der Waals surface area contributed by atoms with Crippen molar-refractivity contribution in [3.63, 3.8) is 0 Å². The van der Waals surface area contributed by atoms with E-state index in [-0.39, 0.29) is 23.5 Å². The van der Waals surface area contributed by atoms with E-state index in [0.29, 0.717) is 0 Å². The third-order valence-corrected chi connectivity index (χ3v) is 4.14. The van der Waals surface area contributed by atoms with Gasteiger partial charge in [-0.25, -0.2) is 4.68 Å². The van der Waals surface area contributed by atoms with Crippen LogP contribution in [0.5, 0.6) is 0 Å². The van der Waals surface area contributed by atoms with Crippen LogP contribution >= 0.6 is 0 Å². The number of anilines is 1. The molecule has 0 unspecified atom stereocenters. The summed E-state index contributed by atoms with van der Waals surface area (Å²) in [6.45, 7) is -1.35. The van der Waals surface area contributed by atoms with Crippen molar-refractivity contribution in [3.8, 4) is 0 Å². The maximum absolute atomic E-state index is 12.6. The Morgan fingerprint density at radius 2 is 1.58 bits per heavy atom. The molecule has 3 aromatic rings. The lowest BCUT2D eigenvalue weighted by atomic mass is 10.1. The zero-order chi connectivity index (χ0) is 22.4. The first-order chi connectivity index (χ1) is 14.7. The molecule has 0 bridgehead atoms. The van der Waals surface area contributed by atoms with Crippen LogP contribution in [0.25, 0.3) is 0 Å². The van der Waals surface area contributed by atoms with Crippen molar-refractivity contribution in [1.82, 2.24) is 15.1 Å². The SMILES string of the molecule is O=C(Nc1ccccc1C(=O)NCC(F)(F)F)c1ccc(=O)n(Cc2ccccc2)n1. The average Bonchev–Trinajstić information content (AvgIpc) is 2.74. The number of para-hydroxylation sites is 1. The van der Waals surface area contributed by atoms with Gasteiger partial charge in [-0.15, -0.1) is 0 Å². The van der Waals surface area contributed by atoms with Gasteiger partial charge >= 0.3 is 6.18 Å². The fraction of sp³-hybridized carbons (Fsp3) is 0.143. The third-order valence-electron chi connectivity index (χ3n) is 4.14. The molecule has 0 spiro atoms. The minimum absolute atomic E-state index is 0.00906. The first kappa shape index (κ1) is 21.8. The summed E-state index contributed by atoms with van der Waals surface area (Å²) in [7, 11) is 0. The second-order valence-electron chi connectivity index (χ2n) is 6.50. The first-order valence-electron chi connectivity index (χ1n) is 9.10. The highest BCUT2D eigenvalue weighted by atomic mass is 19.4.